The molecule has 1 aromatic carbocycles. The highest BCUT2D eigenvalue weighted by molar-refractivity contribution is 8.00. The van der Waals surface area contributed by atoms with Gasteiger partial charge < -0.3 is 5.32 Å². The molecule has 0 atom stereocenters. The van der Waals surface area contributed by atoms with E-state index in [0.29, 0.717) is 10.9 Å². The van der Waals surface area contributed by atoms with E-state index in [1.165, 1.54) is 35.2 Å². The zero-order valence-electron chi connectivity index (χ0n) is 12.1. The number of amides is 1. The topological polar surface area (TPSA) is 98.0 Å². The maximum absolute atomic E-state index is 11.8. The van der Waals surface area contributed by atoms with Gasteiger partial charge in [-0.05, 0) is 18.4 Å². The second-order valence-electron chi connectivity index (χ2n) is 5.20. The standard InChI is InChI=1S/C14H14N4O3S2/c19-12(10-2-1-3-10)15-13-16-17-14(23-13)22-8-9-4-6-11(7-5-9)18(20)21/h4-7,10H,1-3,8H2,(H,15,16,19). The van der Waals surface area contributed by atoms with Gasteiger partial charge in [-0.25, -0.2) is 0 Å². The van der Waals surface area contributed by atoms with Gasteiger partial charge in [0.05, 0.1) is 4.92 Å². The number of anilines is 1. The molecule has 3 rings (SSSR count). The first-order chi connectivity index (χ1) is 11.1. The molecule has 120 valence electrons. The predicted octanol–water partition coefficient (Wildman–Crippen LogP) is 3.48. The van der Waals surface area contributed by atoms with Crippen molar-refractivity contribution >= 4 is 39.8 Å². The van der Waals surface area contributed by atoms with Crippen LogP contribution in [0, 0.1) is 16.0 Å². The van der Waals surface area contributed by atoms with Crippen LogP contribution in [0.1, 0.15) is 24.8 Å². The fourth-order valence-electron chi connectivity index (χ4n) is 2.06. The third-order valence-corrected chi connectivity index (χ3v) is 5.67. The Kier molecular flexibility index (Phi) is 4.87. The minimum atomic E-state index is -0.418. The Balaban J connectivity index is 1.52. The number of carbonyl (C=O) groups is 1. The average molecular weight is 350 g/mol. The van der Waals surface area contributed by atoms with E-state index in [9.17, 15) is 14.9 Å². The van der Waals surface area contributed by atoms with Crippen LogP contribution in [0.25, 0.3) is 0 Å². The number of thioether (sulfide) groups is 1. The molecule has 2 aromatic rings. The number of benzene rings is 1. The Hall–Kier alpha value is -2.00. The van der Waals surface area contributed by atoms with Crippen LogP contribution >= 0.6 is 23.1 Å². The summed E-state index contributed by atoms with van der Waals surface area (Å²) in [6.07, 6.45) is 3.02. The predicted molar refractivity (Wildman–Crippen MR) is 88.5 cm³/mol. The van der Waals surface area contributed by atoms with E-state index in [1.807, 2.05) is 0 Å². The van der Waals surface area contributed by atoms with Gasteiger partial charge >= 0.3 is 0 Å². The number of carbonyl (C=O) groups excluding carboxylic acids is 1. The van der Waals surface area contributed by atoms with Crippen molar-refractivity contribution in [3.63, 3.8) is 0 Å². The van der Waals surface area contributed by atoms with Gasteiger partial charge in [-0.3, -0.25) is 14.9 Å². The Bertz CT molecular complexity index is 713. The highest BCUT2D eigenvalue weighted by Crippen LogP contribution is 2.31. The molecule has 0 bridgehead atoms. The molecule has 1 aromatic heterocycles. The van der Waals surface area contributed by atoms with Crippen LogP contribution < -0.4 is 5.32 Å². The highest BCUT2D eigenvalue weighted by atomic mass is 32.2. The number of nitrogens with zero attached hydrogens (tertiary/aromatic N) is 3. The lowest BCUT2D eigenvalue weighted by molar-refractivity contribution is -0.384. The van der Waals surface area contributed by atoms with Crippen molar-refractivity contribution in [1.29, 1.82) is 0 Å². The van der Waals surface area contributed by atoms with E-state index in [1.54, 1.807) is 12.1 Å². The Morgan fingerprint density at radius 2 is 2.09 bits per heavy atom. The van der Waals surface area contributed by atoms with Crippen LogP contribution in [0.2, 0.25) is 0 Å². The van der Waals surface area contributed by atoms with Crippen LogP contribution in [0.15, 0.2) is 28.6 Å². The number of nitro benzene ring substituents is 1. The van der Waals surface area contributed by atoms with E-state index >= 15 is 0 Å². The monoisotopic (exact) mass is 350 g/mol. The Morgan fingerprint density at radius 1 is 1.35 bits per heavy atom. The molecule has 0 unspecified atom stereocenters. The summed E-state index contributed by atoms with van der Waals surface area (Å²) >= 11 is 2.83. The normalized spacial score (nSPS) is 14.3. The average Bonchev–Trinajstić information content (AvgIpc) is 2.91. The minimum Gasteiger partial charge on any atom is -0.300 e. The van der Waals surface area contributed by atoms with Crippen LogP contribution in [-0.4, -0.2) is 21.0 Å². The molecule has 0 radical (unpaired) electrons. The van der Waals surface area contributed by atoms with E-state index in [2.05, 4.69) is 15.5 Å². The van der Waals surface area contributed by atoms with Crippen molar-refractivity contribution in [3.8, 4) is 0 Å². The van der Waals surface area contributed by atoms with Gasteiger partial charge in [-0.15, -0.1) is 10.2 Å². The Morgan fingerprint density at radius 3 is 2.70 bits per heavy atom. The summed E-state index contributed by atoms with van der Waals surface area (Å²) < 4.78 is 0.757. The lowest BCUT2D eigenvalue weighted by Gasteiger charge is -2.23. The van der Waals surface area contributed by atoms with Crippen LogP contribution in [0.5, 0.6) is 0 Å². The SMILES string of the molecule is O=C(Nc1nnc(SCc2ccc([N+](=O)[O-])cc2)s1)C1CCC1. The first-order valence-corrected chi connectivity index (χ1v) is 8.92. The minimum absolute atomic E-state index is 0.0271. The van der Waals surface area contributed by atoms with Gasteiger partial charge in [0.1, 0.15) is 0 Å². The van der Waals surface area contributed by atoms with Crippen LogP contribution in [-0.2, 0) is 10.5 Å². The second-order valence-corrected chi connectivity index (χ2v) is 7.40. The number of hydrogen-bond donors (Lipinski definition) is 1. The fraction of sp³-hybridized carbons (Fsp3) is 0.357. The van der Waals surface area contributed by atoms with E-state index in [4.69, 9.17) is 0 Å². The quantitative estimate of drug-likeness (QED) is 0.371. The van der Waals surface area contributed by atoms with E-state index in [-0.39, 0.29) is 17.5 Å². The van der Waals surface area contributed by atoms with Crippen LogP contribution in [0.4, 0.5) is 10.8 Å². The van der Waals surface area contributed by atoms with Gasteiger partial charge in [0.15, 0.2) is 4.34 Å². The van der Waals surface area contributed by atoms with Crippen LogP contribution in [0.3, 0.4) is 0 Å². The van der Waals surface area contributed by atoms with Gasteiger partial charge in [-0.1, -0.05) is 41.7 Å². The summed E-state index contributed by atoms with van der Waals surface area (Å²) in [5, 5.41) is 21.9. The first-order valence-electron chi connectivity index (χ1n) is 7.12. The fourth-order valence-corrected chi connectivity index (χ4v) is 3.77. The summed E-state index contributed by atoms with van der Waals surface area (Å²) in [5.41, 5.74) is 1.05. The molecule has 1 amide bonds. The summed E-state index contributed by atoms with van der Waals surface area (Å²) in [5.74, 6) is 0.790. The molecule has 0 saturated heterocycles. The smallest absolute Gasteiger partial charge is 0.269 e. The van der Waals surface area contributed by atoms with Gasteiger partial charge in [0, 0.05) is 23.8 Å². The third-order valence-electron chi connectivity index (χ3n) is 3.62. The van der Waals surface area contributed by atoms with Crippen molar-refractivity contribution in [3.05, 3.63) is 39.9 Å². The van der Waals surface area contributed by atoms with Crippen molar-refractivity contribution in [2.24, 2.45) is 5.92 Å². The van der Waals surface area contributed by atoms with E-state index < -0.39 is 4.92 Å². The van der Waals surface area contributed by atoms with Gasteiger partial charge in [-0.2, -0.15) is 0 Å². The first kappa shape index (κ1) is 15.9. The number of nitrogens with one attached hydrogen (secondary N) is 1. The maximum atomic E-state index is 11.8. The zero-order chi connectivity index (χ0) is 16.2. The molecule has 0 aliphatic heterocycles. The number of aromatic nitrogens is 2. The largest absolute Gasteiger partial charge is 0.300 e. The molecule has 1 N–H and O–H groups in total. The summed E-state index contributed by atoms with van der Waals surface area (Å²) in [6.45, 7) is 0. The third kappa shape index (κ3) is 4.05. The lowest BCUT2D eigenvalue weighted by atomic mass is 9.85. The second kappa shape index (κ2) is 7.05. The molecule has 23 heavy (non-hydrogen) atoms. The lowest BCUT2D eigenvalue weighted by Crippen LogP contribution is -2.27. The number of non-ortho nitro benzene ring substituents is 1. The molecule has 1 aliphatic rings. The molecule has 0 spiro atoms. The van der Waals surface area contributed by atoms with E-state index in [0.717, 1.165) is 29.2 Å². The molecule has 7 nitrogen and oxygen atoms in total. The van der Waals surface area contributed by atoms with Crippen molar-refractivity contribution in [2.75, 3.05) is 5.32 Å². The van der Waals surface area contributed by atoms with Crippen molar-refractivity contribution in [1.82, 2.24) is 10.2 Å². The molecule has 1 heterocycles. The highest BCUT2D eigenvalue weighted by Gasteiger charge is 2.25. The molecular formula is C14H14N4O3S2. The summed E-state index contributed by atoms with van der Waals surface area (Å²) in [4.78, 5) is 22.0. The number of hydrogen-bond acceptors (Lipinski definition) is 7. The van der Waals surface area contributed by atoms with Crippen molar-refractivity contribution in [2.45, 2.75) is 29.4 Å². The molecule has 9 heteroatoms. The maximum Gasteiger partial charge on any atom is 0.269 e. The molecule has 1 fully saturated rings. The summed E-state index contributed by atoms with van der Waals surface area (Å²) in [7, 11) is 0. The molecular weight excluding hydrogens is 336 g/mol. The number of nitro groups is 1. The number of rotatable bonds is 6. The summed E-state index contributed by atoms with van der Waals surface area (Å²) in [6, 6.07) is 6.43. The molecule has 1 saturated carbocycles. The zero-order valence-corrected chi connectivity index (χ0v) is 13.7. The van der Waals surface area contributed by atoms with Gasteiger partial charge in [0.25, 0.3) is 5.69 Å². The van der Waals surface area contributed by atoms with Crippen molar-refractivity contribution < 1.29 is 9.72 Å². The molecule has 1 aliphatic carbocycles. The van der Waals surface area contributed by atoms with Gasteiger partial charge in [0.2, 0.25) is 11.0 Å². The Labute approximate surface area is 140 Å².